The van der Waals surface area contributed by atoms with E-state index in [9.17, 15) is 4.39 Å². The lowest BCUT2D eigenvalue weighted by Gasteiger charge is -1.98. The van der Waals surface area contributed by atoms with Gasteiger partial charge >= 0.3 is 0 Å². The Morgan fingerprint density at radius 2 is 2.06 bits per heavy atom. The highest BCUT2D eigenvalue weighted by Crippen LogP contribution is 2.24. The van der Waals surface area contributed by atoms with Crippen LogP contribution in [0.5, 0.6) is 0 Å². The minimum absolute atomic E-state index is 0.360. The number of hydrogen-bond donors (Lipinski definition) is 0. The summed E-state index contributed by atoms with van der Waals surface area (Å²) < 4.78 is 15.6. The molecule has 0 aliphatic heterocycles. The second-order valence-electron chi connectivity index (χ2n) is 3.72. The van der Waals surface area contributed by atoms with Crippen molar-refractivity contribution in [2.24, 2.45) is 0 Å². The van der Waals surface area contributed by atoms with Crippen LogP contribution in [0.3, 0.4) is 0 Å². The molecule has 1 aromatic carbocycles. The molecule has 3 aromatic rings. The van der Waals surface area contributed by atoms with Crippen molar-refractivity contribution in [3.63, 3.8) is 0 Å². The molecular formula is C13H8ClFN2. The van der Waals surface area contributed by atoms with Gasteiger partial charge in [0.05, 0.1) is 5.69 Å². The van der Waals surface area contributed by atoms with E-state index in [0.29, 0.717) is 16.3 Å². The van der Waals surface area contributed by atoms with Gasteiger partial charge in [0, 0.05) is 23.0 Å². The monoisotopic (exact) mass is 246 g/mol. The van der Waals surface area contributed by atoms with Gasteiger partial charge in [-0.15, -0.1) is 0 Å². The first kappa shape index (κ1) is 10.3. The van der Waals surface area contributed by atoms with E-state index >= 15 is 0 Å². The molecule has 0 N–H and O–H groups in total. The van der Waals surface area contributed by atoms with Gasteiger partial charge in [-0.3, -0.25) is 0 Å². The number of nitrogens with zero attached hydrogens (tertiary/aromatic N) is 2. The third kappa shape index (κ3) is 1.78. The van der Waals surface area contributed by atoms with Crippen LogP contribution in [0.4, 0.5) is 4.39 Å². The van der Waals surface area contributed by atoms with E-state index in [2.05, 4.69) is 4.98 Å². The molecule has 0 spiro atoms. The molecule has 3 rings (SSSR count). The quantitative estimate of drug-likeness (QED) is 0.639. The molecule has 2 aromatic heterocycles. The smallest absolute Gasteiger partial charge is 0.137 e. The van der Waals surface area contributed by atoms with Gasteiger partial charge in [0.15, 0.2) is 0 Å². The Hall–Kier alpha value is -1.87. The fraction of sp³-hybridized carbons (Fsp3) is 0. The number of fused-ring (bicyclic) bond motifs is 1. The number of halogens is 2. The van der Waals surface area contributed by atoms with Gasteiger partial charge in [0.2, 0.25) is 0 Å². The van der Waals surface area contributed by atoms with Gasteiger partial charge in [0.25, 0.3) is 0 Å². The molecule has 2 nitrogen and oxygen atoms in total. The molecule has 2 heterocycles. The number of imidazole rings is 1. The molecule has 0 saturated heterocycles. The summed E-state index contributed by atoms with van der Waals surface area (Å²) in [6.45, 7) is 0. The van der Waals surface area contributed by atoms with E-state index in [1.165, 1.54) is 6.07 Å². The molecule has 0 unspecified atom stereocenters. The third-order valence-corrected chi connectivity index (χ3v) is 2.81. The molecular weight excluding hydrogens is 239 g/mol. The fourth-order valence-electron chi connectivity index (χ4n) is 1.76. The lowest BCUT2D eigenvalue weighted by Crippen LogP contribution is -1.83. The van der Waals surface area contributed by atoms with Crippen LogP contribution in [-0.2, 0) is 0 Å². The van der Waals surface area contributed by atoms with Crippen molar-refractivity contribution in [1.82, 2.24) is 9.38 Å². The summed E-state index contributed by atoms with van der Waals surface area (Å²) in [6, 6.07) is 10.3. The largest absolute Gasteiger partial charge is 0.306 e. The van der Waals surface area contributed by atoms with Gasteiger partial charge in [-0.25, -0.2) is 9.37 Å². The average molecular weight is 247 g/mol. The summed E-state index contributed by atoms with van der Waals surface area (Å²) in [7, 11) is 0. The SMILES string of the molecule is Fc1cc(Cl)ccc1-c1cn2ccccc2n1. The van der Waals surface area contributed by atoms with Crippen LogP contribution < -0.4 is 0 Å². The Labute approximate surface area is 102 Å². The molecule has 4 heteroatoms. The van der Waals surface area contributed by atoms with Crippen LogP contribution in [-0.4, -0.2) is 9.38 Å². The highest BCUT2D eigenvalue weighted by Gasteiger charge is 2.09. The standard InChI is InChI=1S/C13H8ClFN2/c14-9-4-5-10(11(15)7-9)12-8-17-6-2-1-3-13(17)16-12/h1-8H. The summed E-state index contributed by atoms with van der Waals surface area (Å²) in [4.78, 5) is 4.35. The highest BCUT2D eigenvalue weighted by molar-refractivity contribution is 6.30. The van der Waals surface area contributed by atoms with Crippen LogP contribution >= 0.6 is 11.6 Å². The summed E-state index contributed by atoms with van der Waals surface area (Å²) >= 11 is 5.72. The van der Waals surface area contributed by atoms with E-state index in [1.54, 1.807) is 18.3 Å². The zero-order valence-corrected chi connectivity index (χ0v) is 9.53. The van der Waals surface area contributed by atoms with Crippen molar-refractivity contribution < 1.29 is 4.39 Å². The van der Waals surface area contributed by atoms with Crippen LogP contribution in [0.1, 0.15) is 0 Å². The van der Waals surface area contributed by atoms with Crippen molar-refractivity contribution in [1.29, 1.82) is 0 Å². The highest BCUT2D eigenvalue weighted by atomic mass is 35.5. The van der Waals surface area contributed by atoms with E-state index in [-0.39, 0.29) is 5.82 Å². The molecule has 0 amide bonds. The van der Waals surface area contributed by atoms with Crippen LogP contribution in [0.2, 0.25) is 5.02 Å². The Kier molecular flexibility index (Phi) is 2.34. The molecule has 0 atom stereocenters. The molecule has 17 heavy (non-hydrogen) atoms. The molecule has 0 aliphatic rings. The minimum Gasteiger partial charge on any atom is -0.306 e. The Balaban J connectivity index is 2.20. The molecule has 0 saturated carbocycles. The first-order valence-corrected chi connectivity index (χ1v) is 5.51. The number of hydrogen-bond acceptors (Lipinski definition) is 1. The maximum Gasteiger partial charge on any atom is 0.137 e. The zero-order valence-electron chi connectivity index (χ0n) is 8.77. The van der Waals surface area contributed by atoms with Gasteiger partial charge in [-0.05, 0) is 30.3 Å². The Bertz CT molecular complexity index is 658. The van der Waals surface area contributed by atoms with Gasteiger partial charge in [-0.2, -0.15) is 0 Å². The minimum atomic E-state index is -0.360. The van der Waals surface area contributed by atoms with Crippen molar-refractivity contribution in [2.75, 3.05) is 0 Å². The van der Waals surface area contributed by atoms with Crippen molar-refractivity contribution in [3.05, 3.63) is 59.6 Å². The van der Waals surface area contributed by atoms with Crippen LogP contribution in [0.25, 0.3) is 16.9 Å². The van der Waals surface area contributed by atoms with E-state index < -0.39 is 0 Å². The van der Waals surface area contributed by atoms with E-state index in [4.69, 9.17) is 11.6 Å². The normalized spacial score (nSPS) is 10.9. The molecule has 0 fully saturated rings. The summed E-state index contributed by atoms with van der Waals surface area (Å²) in [5, 5.41) is 0.384. The van der Waals surface area contributed by atoms with E-state index in [1.807, 2.05) is 28.8 Å². The Morgan fingerprint density at radius 1 is 1.18 bits per heavy atom. The summed E-state index contributed by atoms with van der Waals surface area (Å²) in [5.41, 5.74) is 1.85. The predicted octanol–water partition coefficient (Wildman–Crippen LogP) is 3.79. The van der Waals surface area contributed by atoms with Gasteiger partial charge < -0.3 is 4.40 Å². The summed E-state index contributed by atoms with van der Waals surface area (Å²) in [6.07, 6.45) is 3.67. The first-order valence-electron chi connectivity index (χ1n) is 5.13. The van der Waals surface area contributed by atoms with Crippen molar-refractivity contribution in [3.8, 4) is 11.3 Å². The third-order valence-electron chi connectivity index (χ3n) is 2.57. The number of pyridine rings is 1. The zero-order chi connectivity index (χ0) is 11.8. The van der Waals surface area contributed by atoms with Crippen LogP contribution in [0.15, 0.2) is 48.8 Å². The fourth-order valence-corrected chi connectivity index (χ4v) is 1.92. The topological polar surface area (TPSA) is 17.3 Å². The van der Waals surface area contributed by atoms with Crippen LogP contribution in [0, 0.1) is 5.82 Å². The van der Waals surface area contributed by atoms with Crippen molar-refractivity contribution >= 4 is 17.2 Å². The average Bonchev–Trinajstić information content (AvgIpc) is 2.72. The molecule has 84 valence electrons. The predicted molar refractivity (Wildman–Crippen MR) is 65.6 cm³/mol. The lowest BCUT2D eigenvalue weighted by molar-refractivity contribution is 0.631. The molecule has 0 radical (unpaired) electrons. The van der Waals surface area contributed by atoms with Gasteiger partial charge in [-0.1, -0.05) is 17.7 Å². The maximum atomic E-state index is 13.7. The second-order valence-corrected chi connectivity index (χ2v) is 4.15. The summed E-state index contributed by atoms with van der Waals surface area (Å²) in [5.74, 6) is -0.360. The van der Waals surface area contributed by atoms with Gasteiger partial charge in [0.1, 0.15) is 11.5 Å². The molecule has 0 bridgehead atoms. The number of aromatic nitrogens is 2. The molecule has 0 aliphatic carbocycles. The first-order chi connectivity index (χ1) is 8.24. The van der Waals surface area contributed by atoms with Crippen molar-refractivity contribution in [2.45, 2.75) is 0 Å². The maximum absolute atomic E-state index is 13.7. The lowest BCUT2D eigenvalue weighted by atomic mass is 10.1. The Morgan fingerprint density at radius 3 is 2.82 bits per heavy atom. The number of benzene rings is 1. The van der Waals surface area contributed by atoms with E-state index in [0.717, 1.165) is 5.65 Å². The number of rotatable bonds is 1. The second kappa shape index (κ2) is 3.86.